The van der Waals surface area contributed by atoms with Crippen molar-refractivity contribution in [3.63, 3.8) is 0 Å². The fraction of sp³-hybridized carbons (Fsp3) is 0.235. The average molecular weight is 619 g/mol. The van der Waals surface area contributed by atoms with Gasteiger partial charge in [0.15, 0.2) is 5.78 Å². The van der Waals surface area contributed by atoms with Gasteiger partial charge in [0.25, 0.3) is 5.91 Å². The highest BCUT2D eigenvalue weighted by molar-refractivity contribution is 6.10. The van der Waals surface area contributed by atoms with Gasteiger partial charge in [-0.3, -0.25) is 19.5 Å². The maximum Gasteiger partial charge on any atom is 0.490 e. The van der Waals surface area contributed by atoms with Crippen molar-refractivity contribution < 1.29 is 32.7 Å². The van der Waals surface area contributed by atoms with Crippen LogP contribution in [-0.4, -0.2) is 64.5 Å². The van der Waals surface area contributed by atoms with Crippen molar-refractivity contribution in [1.82, 2.24) is 20.5 Å². The summed E-state index contributed by atoms with van der Waals surface area (Å²) in [6.45, 7) is 6.46. The lowest BCUT2D eigenvalue weighted by molar-refractivity contribution is -0.192. The molecule has 4 aromatic rings. The van der Waals surface area contributed by atoms with Crippen LogP contribution in [0.3, 0.4) is 0 Å². The standard InChI is InChI=1S/C32H32N4O2.C2HF3O2/c1-23-21-36(17-16-33-23)22-29-14-7-15-30(35-29)26-11-5-8-24(18-26)20-34-32(38)28-13-6-12-27(19-28)31(37)25-9-3-2-4-10-25;3-2(4,5)1(6)7/h2-15,18-19,23,33H,16-17,20-22H2,1H3,(H,34,38);(H,6,7)/t23-;/m0./s1. The number of hydrogen-bond donors (Lipinski definition) is 3. The first-order valence-corrected chi connectivity index (χ1v) is 14.3. The molecule has 45 heavy (non-hydrogen) atoms. The first kappa shape index (κ1) is 33.0. The van der Waals surface area contributed by atoms with Crippen LogP contribution in [0.1, 0.15) is 44.5 Å². The van der Waals surface area contributed by atoms with Gasteiger partial charge < -0.3 is 15.7 Å². The summed E-state index contributed by atoms with van der Waals surface area (Å²) in [6, 6.07) is 30.7. The number of amides is 1. The van der Waals surface area contributed by atoms with Crippen LogP contribution in [-0.2, 0) is 17.9 Å². The molecule has 1 atom stereocenters. The molecule has 0 unspecified atom stereocenters. The van der Waals surface area contributed by atoms with Crippen LogP contribution in [0.5, 0.6) is 0 Å². The lowest BCUT2D eigenvalue weighted by Crippen LogP contribution is -2.48. The van der Waals surface area contributed by atoms with Crippen molar-refractivity contribution in [2.24, 2.45) is 0 Å². The Kier molecular flexibility index (Phi) is 11.2. The minimum absolute atomic E-state index is 0.103. The van der Waals surface area contributed by atoms with Crippen molar-refractivity contribution in [2.45, 2.75) is 32.2 Å². The molecule has 1 aliphatic heterocycles. The smallest absolute Gasteiger partial charge is 0.475 e. The molecule has 0 saturated carbocycles. The largest absolute Gasteiger partial charge is 0.490 e. The Morgan fingerprint density at radius 2 is 1.58 bits per heavy atom. The number of ketones is 1. The number of alkyl halides is 3. The topological polar surface area (TPSA) is 112 Å². The summed E-state index contributed by atoms with van der Waals surface area (Å²) in [5.74, 6) is -3.08. The van der Waals surface area contributed by atoms with E-state index in [0.717, 1.165) is 48.7 Å². The van der Waals surface area contributed by atoms with E-state index >= 15 is 0 Å². The molecule has 1 aromatic heterocycles. The van der Waals surface area contributed by atoms with Gasteiger partial charge in [0.05, 0.1) is 11.4 Å². The fourth-order valence-corrected chi connectivity index (χ4v) is 4.80. The zero-order valence-electron chi connectivity index (χ0n) is 24.6. The maximum absolute atomic E-state index is 12.9. The zero-order valence-corrected chi connectivity index (χ0v) is 24.6. The van der Waals surface area contributed by atoms with E-state index in [0.29, 0.717) is 29.3 Å². The number of piperazine rings is 1. The van der Waals surface area contributed by atoms with Crippen LogP contribution in [0.25, 0.3) is 11.3 Å². The second-order valence-corrected chi connectivity index (χ2v) is 10.6. The van der Waals surface area contributed by atoms with Crippen LogP contribution >= 0.6 is 0 Å². The molecule has 8 nitrogen and oxygen atoms in total. The number of benzene rings is 3. The van der Waals surface area contributed by atoms with Gasteiger partial charge in [-0.25, -0.2) is 4.79 Å². The van der Waals surface area contributed by atoms with E-state index in [1.54, 1.807) is 36.4 Å². The van der Waals surface area contributed by atoms with Crippen LogP contribution in [0.15, 0.2) is 97.1 Å². The minimum Gasteiger partial charge on any atom is -0.475 e. The predicted molar refractivity (Wildman–Crippen MR) is 164 cm³/mol. The second-order valence-electron chi connectivity index (χ2n) is 10.6. The number of nitrogens with zero attached hydrogens (tertiary/aromatic N) is 2. The van der Waals surface area contributed by atoms with Crippen LogP contribution < -0.4 is 10.6 Å². The van der Waals surface area contributed by atoms with Gasteiger partial charge in [0.2, 0.25) is 0 Å². The normalized spacial score (nSPS) is 15.0. The van der Waals surface area contributed by atoms with E-state index in [9.17, 15) is 22.8 Å². The molecule has 1 saturated heterocycles. The molecular formula is C34H33F3N4O4. The van der Waals surface area contributed by atoms with E-state index in [4.69, 9.17) is 14.9 Å². The molecule has 0 radical (unpaired) electrons. The highest BCUT2D eigenvalue weighted by Crippen LogP contribution is 2.20. The van der Waals surface area contributed by atoms with Gasteiger partial charge in [0.1, 0.15) is 0 Å². The Labute approximate surface area is 258 Å². The van der Waals surface area contributed by atoms with Gasteiger partial charge in [-0.2, -0.15) is 13.2 Å². The number of carboxylic acid groups (broad SMARTS) is 1. The zero-order chi connectivity index (χ0) is 32.4. The molecule has 2 heterocycles. The summed E-state index contributed by atoms with van der Waals surface area (Å²) in [7, 11) is 0. The molecule has 11 heteroatoms. The van der Waals surface area contributed by atoms with Gasteiger partial charge in [0, 0.05) is 61.0 Å². The number of carbonyl (C=O) groups excluding carboxylic acids is 2. The number of nitrogens with one attached hydrogen (secondary N) is 2. The van der Waals surface area contributed by atoms with Crippen LogP contribution in [0, 0.1) is 0 Å². The molecule has 234 valence electrons. The monoisotopic (exact) mass is 618 g/mol. The highest BCUT2D eigenvalue weighted by Gasteiger charge is 2.38. The van der Waals surface area contributed by atoms with E-state index in [-0.39, 0.29) is 11.7 Å². The number of aliphatic carboxylic acids is 1. The van der Waals surface area contributed by atoms with Gasteiger partial charge in [-0.1, -0.05) is 66.7 Å². The first-order valence-electron chi connectivity index (χ1n) is 14.3. The second kappa shape index (κ2) is 15.2. The molecule has 3 N–H and O–H groups in total. The number of hydrogen-bond acceptors (Lipinski definition) is 6. The Morgan fingerprint density at radius 3 is 2.29 bits per heavy atom. The summed E-state index contributed by atoms with van der Waals surface area (Å²) in [5.41, 5.74) is 5.53. The number of halogens is 3. The predicted octanol–water partition coefficient (Wildman–Crippen LogP) is 5.34. The molecule has 1 aliphatic rings. The fourth-order valence-electron chi connectivity index (χ4n) is 4.80. The molecule has 0 bridgehead atoms. The summed E-state index contributed by atoms with van der Waals surface area (Å²) in [6.07, 6.45) is -5.08. The lowest BCUT2D eigenvalue weighted by atomic mass is 10.0. The van der Waals surface area contributed by atoms with E-state index in [2.05, 4.69) is 40.7 Å². The average Bonchev–Trinajstić information content (AvgIpc) is 3.04. The molecule has 5 rings (SSSR count). The number of aromatic nitrogens is 1. The summed E-state index contributed by atoms with van der Waals surface area (Å²) < 4.78 is 31.7. The highest BCUT2D eigenvalue weighted by atomic mass is 19.4. The molecule has 1 fully saturated rings. The molecule has 0 aliphatic carbocycles. The quantitative estimate of drug-likeness (QED) is 0.229. The van der Waals surface area contributed by atoms with E-state index in [1.165, 1.54) is 0 Å². The number of carbonyl (C=O) groups is 3. The summed E-state index contributed by atoms with van der Waals surface area (Å²) >= 11 is 0. The van der Waals surface area contributed by atoms with Crippen molar-refractivity contribution >= 4 is 17.7 Å². The van der Waals surface area contributed by atoms with Crippen LogP contribution in [0.4, 0.5) is 13.2 Å². The van der Waals surface area contributed by atoms with Gasteiger partial charge in [-0.15, -0.1) is 0 Å². The number of rotatable bonds is 8. The first-order chi connectivity index (χ1) is 21.5. The van der Waals surface area contributed by atoms with Gasteiger partial charge in [-0.05, 0) is 42.8 Å². The Hall–Kier alpha value is -4.87. The van der Waals surface area contributed by atoms with E-state index in [1.807, 2.05) is 42.5 Å². The van der Waals surface area contributed by atoms with Crippen LogP contribution in [0.2, 0.25) is 0 Å². The van der Waals surface area contributed by atoms with Gasteiger partial charge >= 0.3 is 12.1 Å². The molecular weight excluding hydrogens is 585 g/mol. The Balaban J connectivity index is 0.000000591. The van der Waals surface area contributed by atoms with Crippen molar-refractivity contribution in [1.29, 1.82) is 0 Å². The van der Waals surface area contributed by atoms with Crippen molar-refractivity contribution in [2.75, 3.05) is 19.6 Å². The van der Waals surface area contributed by atoms with E-state index < -0.39 is 12.1 Å². The molecule has 0 spiro atoms. The molecule has 1 amide bonds. The van der Waals surface area contributed by atoms with Crippen molar-refractivity contribution in [3.05, 3.63) is 125 Å². The number of pyridine rings is 1. The maximum atomic E-state index is 12.9. The Morgan fingerprint density at radius 1 is 0.911 bits per heavy atom. The minimum atomic E-state index is -5.08. The third-order valence-corrected chi connectivity index (χ3v) is 6.99. The SMILES string of the molecule is C[C@H]1CN(Cc2cccc(-c3cccc(CNC(=O)c4cccc(C(=O)c5ccccc5)c4)c3)n2)CCN1.O=C(O)C(F)(F)F. The number of carboxylic acids is 1. The third kappa shape index (κ3) is 9.82. The third-order valence-electron chi connectivity index (χ3n) is 6.99. The summed E-state index contributed by atoms with van der Waals surface area (Å²) in [4.78, 5) is 41.9. The summed E-state index contributed by atoms with van der Waals surface area (Å²) in [5, 5.41) is 13.6. The lowest BCUT2D eigenvalue weighted by Gasteiger charge is -2.31. The van der Waals surface area contributed by atoms with Crippen molar-refractivity contribution in [3.8, 4) is 11.3 Å². The molecule has 3 aromatic carbocycles. The Bertz CT molecular complexity index is 1630.